The summed E-state index contributed by atoms with van der Waals surface area (Å²) in [6, 6.07) is 4.86. The molecule has 0 spiro atoms. The third-order valence-electron chi connectivity index (χ3n) is 5.41. The van der Waals surface area contributed by atoms with Gasteiger partial charge in [0.25, 0.3) is 5.91 Å². The van der Waals surface area contributed by atoms with E-state index in [1.54, 1.807) is 16.4 Å². The van der Waals surface area contributed by atoms with Crippen molar-refractivity contribution in [1.82, 2.24) is 14.5 Å². The van der Waals surface area contributed by atoms with Crippen LogP contribution in [0.3, 0.4) is 0 Å². The SMILES string of the molecule is CCN(CC)CCNC(=O)c1cc(S(=O)(=O)N2CCCCC2C)ccc1C. The largest absolute Gasteiger partial charge is 0.351 e. The van der Waals surface area contributed by atoms with Gasteiger partial charge < -0.3 is 10.2 Å². The van der Waals surface area contributed by atoms with Crippen LogP contribution >= 0.6 is 0 Å². The van der Waals surface area contributed by atoms with Gasteiger partial charge in [-0.15, -0.1) is 0 Å². The Kier molecular flexibility index (Phi) is 7.82. The molecule has 2 rings (SSSR count). The summed E-state index contributed by atoms with van der Waals surface area (Å²) in [6.07, 6.45) is 2.82. The number of aryl methyl sites for hydroxylation is 1. The molecule has 1 aliphatic heterocycles. The molecule has 0 aromatic heterocycles. The molecule has 1 aromatic carbocycles. The van der Waals surface area contributed by atoms with Gasteiger partial charge in [-0.05, 0) is 57.5 Å². The van der Waals surface area contributed by atoms with Crippen molar-refractivity contribution >= 4 is 15.9 Å². The minimum atomic E-state index is -3.58. The number of likely N-dealkylation sites (N-methyl/N-ethyl adjacent to an activating group) is 1. The summed E-state index contributed by atoms with van der Waals surface area (Å²) in [6.45, 7) is 11.7. The number of carbonyl (C=O) groups is 1. The third kappa shape index (κ3) is 5.30. The Hall–Kier alpha value is -1.44. The first-order valence-electron chi connectivity index (χ1n) is 9.94. The number of hydrogen-bond donors (Lipinski definition) is 1. The fourth-order valence-corrected chi connectivity index (χ4v) is 5.26. The zero-order chi connectivity index (χ0) is 20.0. The van der Waals surface area contributed by atoms with Crippen molar-refractivity contribution < 1.29 is 13.2 Å². The summed E-state index contributed by atoms with van der Waals surface area (Å²) in [5.41, 5.74) is 1.21. The van der Waals surface area contributed by atoms with E-state index in [4.69, 9.17) is 0 Å². The third-order valence-corrected chi connectivity index (χ3v) is 7.42. The average molecular weight is 396 g/mol. The van der Waals surface area contributed by atoms with Crippen LogP contribution < -0.4 is 5.32 Å². The highest BCUT2D eigenvalue weighted by molar-refractivity contribution is 7.89. The van der Waals surface area contributed by atoms with Crippen molar-refractivity contribution in [3.63, 3.8) is 0 Å². The van der Waals surface area contributed by atoms with Gasteiger partial charge in [-0.25, -0.2) is 8.42 Å². The van der Waals surface area contributed by atoms with Gasteiger partial charge in [0.2, 0.25) is 10.0 Å². The molecule has 1 atom stereocenters. The zero-order valence-corrected chi connectivity index (χ0v) is 17.8. The maximum atomic E-state index is 13.1. The lowest BCUT2D eigenvalue weighted by Crippen LogP contribution is -2.42. The molecule has 0 bridgehead atoms. The molecule has 1 aliphatic rings. The van der Waals surface area contributed by atoms with Crippen LogP contribution in [0.5, 0.6) is 0 Å². The maximum absolute atomic E-state index is 13.1. The van der Waals surface area contributed by atoms with Crippen molar-refractivity contribution in [2.75, 3.05) is 32.7 Å². The van der Waals surface area contributed by atoms with Crippen molar-refractivity contribution in [3.05, 3.63) is 29.3 Å². The Balaban J connectivity index is 2.16. The molecular weight excluding hydrogens is 362 g/mol. The van der Waals surface area contributed by atoms with Gasteiger partial charge in [-0.3, -0.25) is 4.79 Å². The Labute approximate surface area is 164 Å². The lowest BCUT2D eigenvalue weighted by atomic mass is 10.1. The molecule has 1 unspecified atom stereocenters. The Bertz CT molecular complexity index is 745. The number of rotatable bonds is 8. The Morgan fingerprint density at radius 3 is 2.59 bits per heavy atom. The first kappa shape index (κ1) is 21.9. The summed E-state index contributed by atoms with van der Waals surface area (Å²) in [5, 5.41) is 2.92. The number of nitrogens with zero attached hydrogens (tertiary/aromatic N) is 2. The molecule has 1 heterocycles. The standard InChI is InChI=1S/C20H33N3O3S/c1-5-22(6-2)14-12-21-20(24)19-15-18(11-10-16(19)3)27(25,26)23-13-8-7-9-17(23)4/h10-11,15,17H,5-9,12-14H2,1-4H3,(H,21,24). The van der Waals surface area contributed by atoms with E-state index in [1.807, 2.05) is 13.8 Å². The highest BCUT2D eigenvalue weighted by Gasteiger charge is 2.31. The minimum absolute atomic E-state index is 0.00333. The van der Waals surface area contributed by atoms with Gasteiger partial charge in [0, 0.05) is 31.2 Å². The molecule has 152 valence electrons. The second-order valence-electron chi connectivity index (χ2n) is 7.22. The number of carbonyl (C=O) groups excluding carboxylic acids is 1. The topological polar surface area (TPSA) is 69.7 Å². The van der Waals surface area contributed by atoms with E-state index in [9.17, 15) is 13.2 Å². The highest BCUT2D eigenvalue weighted by Crippen LogP contribution is 2.26. The number of nitrogens with one attached hydrogen (secondary N) is 1. The molecular formula is C20H33N3O3S. The van der Waals surface area contributed by atoms with E-state index in [2.05, 4.69) is 24.1 Å². The minimum Gasteiger partial charge on any atom is -0.351 e. The molecule has 1 saturated heterocycles. The van der Waals surface area contributed by atoms with Crippen LogP contribution in [0.15, 0.2) is 23.1 Å². The highest BCUT2D eigenvalue weighted by atomic mass is 32.2. The second-order valence-corrected chi connectivity index (χ2v) is 9.11. The number of hydrogen-bond acceptors (Lipinski definition) is 4. The fraction of sp³-hybridized carbons (Fsp3) is 0.650. The van der Waals surface area contributed by atoms with Crippen LogP contribution in [0, 0.1) is 6.92 Å². The molecule has 1 N–H and O–H groups in total. The summed E-state index contributed by atoms with van der Waals surface area (Å²) in [7, 11) is -3.58. The average Bonchev–Trinajstić information content (AvgIpc) is 2.65. The van der Waals surface area contributed by atoms with E-state index in [0.29, 0.717) is 18.7 Å². The molecule has 0 saturated carbocycles. The molecule has 0 aliphatic carbocycles. The van der Waals surface area contributed by atoms with Gasteiger partial charge in [0.15, 0.2) is 0 Å². The lowest BCUT2D eigenvalue weighted by Gasteiger charge is -2.32. The van der Waals surface area contributed by atoms with E-state index in [1.165, 1.54) is 6.07 Å². The summed E-state index contributed by atoms with van der Waals surface area (Å²) in [5.74, 6) is -0.219. The van der Waals surface area contributed by atoms with Gasteiger partial charge in [-0.2, -0.15) is 4.31 Å². The second kappa shape index (κ2) is 9.66. The van der Waals surface area contributed by atoms with Crippen LogP contribution in [-0.4, -0.2) is 62.3 Å². The monoisotopic (exact) mass is 395 g/mol. The van der Waals surface area contributed by atoms with Gasteiger partial charge in [-0.1, -0.05) is 26.3 Å². The molecule has 0 radical (unpaired) electrons. The lowest BCUT2D eigenvalue weighted by molar-refractivity contribution is 0.0948. The van der Waals surface area contributed by atoms with Crippen molar-refractivity contribution in [3.8, 4) is 0 Å². The van der Waals surface area contributed by atoms with Crippen molar-refractivity contribution in [2.45, 2.75) is 57.9 Å². The quantitative estimate of drug-likeness (QED) is 0.735. The summed E-state index contributed by atoms with van der Waals surface area (Å²) < 4.78 is 27.7. The summed E-state index contributed by atoms with van der Waals surface area (Å²) >= 11 is 0. The van der Waals surface area contributed by atoms with Gasteiger partial charge >= 0.3 is 0 Å². The van der Waals surface area contributed by atoms with E-state index >= 15 is 0 Å². The Morgan fingerprint density at radius 1 is 1.26 bits per heavy atom. The van der Waals surface area contributed by atoms with E-state index in [0.717, 1.165) is 44.5 Å². The first-order valence-corrected chi connectivity index (χ1v) is 11.4. The van der Waals surface area contributed by atoms with E-state index < -0.39 is 10.0 Å². The molecule has 1 fully saturated rings. The van der Waals surface area contributed by atoms with Crippen LogP contribution in [0.2, 0.25) is 0 Å². The molecule has 6 nitrogen and oxygen atoms in total. The molecule has 7 heteroatoms. The van der Waals surface area contributed by atoms with Crippen molar-refractivity contribution in [2.24, 2.45) is 0 Å². The Morgan fingerprint density at radius 2 is 1.96 bits per heavy atom. The van der Waals surface area contributed by atoms with Gasteiger partial charge in [0.05, 0.1) is 4.90 Å². The van der Waals surface area contributed by atoms with Crippen LogP contribution in [0.4, 0.5) is 0 Å². The summed E-state index contributed by atoms with van der Waals surface area (Å²) in [4.78, 5) is 15.0. The number of amides is 1. The van der Waals surface area contributed by atoms with Crippen molar-refractivity contribution in [1.29, 1.82) is 0 Å². The molecule has 1 aromatic rings. The van der Waals surface area contributed by atoms with Crippen LogP contribution in [0.25, 0.3) is 0 Å². The normalized spacial score (nSPS) is 18.6. The van der Waals surface area contributed by atoms with Crippen LogP contribution in [-0.2, 0) is 10.0 Å². The molecule has 27 heavy (non-hydrogen) atoms. The number of sulfonamides is 1. The zero-order valence-electron chi connectivity index (χ0n) is 17.0. The van der Waals surface area contributed by atoms with Crippen LogP contribution in [0.1, 0.15) is 56.0 Å². The van der Waals surface area contributed by atoms with Gasteiger partial charge in [0.1, 0.15) is 0 Å². The predicted molar refractivity (Wildman–Crippen MR) is 109 cm³/mol. The smallest absolute Gasteiger partial charge is 0.251 e. The predicted octanol–water partition coefficient (Wildman–Crippen LogP) is 2.63. The first-order chi connectivity index (χ1) is 12.8. The van der Waals surface area contributed by atoms with E-state index in [-0.39, 0.29) is 16.8 Å². The number of benzene rings is 1. The maximum Gasteiger partial charge on any atom is 0.251 e. The number of piperidine rings is 1. The molecule has 1 amide bonds. The fourth-order valence-electron chi connectivity index (χ4n) is 3.53.